The van der Waals surface area contributed by atoms with E-state index in [0.717, 1.165) is 41.1 Å². The molecule has 1 aromatic heterocycles. The summed E-state index contributed by atoms with van der Waals surface area (Å²) >= 11 is 2.87. The average Bonchev–Trinajstić information content (AvgIpc) is 3.44. The number of anilines is 1. The lowest BCUT2D eigenvalue weighted by Gasteiger charge is -2.27. The molecule has 4 rings (SSSR count). The van der Waals surface area contributed by atoms with Gasteiger partial charge in [-0.1, -0.05) is 60.2 Å². The monoisotopic (exact) mass is 438 g/mol. The number of halogens is 1. The summed E-state index contributed by atoms with van der Waals surface area (Å²) < 4.78 is 14.1. The van der Waals surface area contributed by atoms with Gasteiger partial charge < -0.3 is 0 Å². The summed E-state index contributed by atoms with van der Waals surface area (Å²) in [6, 6.07) is 15.8. The molecule has 0 saturated heterocycles. The summed E-state index contributed by atoms with van der Waals surface area (Å²) in [5, 5.41) is 20.6. The van der Waals surface area contributed by atoms with Crippen LogP contribution in [0.4, 0.5) is 9.52 Å². The highest BCUT2D eigenvalue weighted by Gasteiger charge is 2.43. The fourth-order valence-electron chi connectivity index (χ4n) is 3.75. The smallest absolute Gasteiger partial charge is 0.236 e. The number of nitrogens with zero attached hydrogens (tertiary/aromatic N) is 3. The summed E-state index contributed by atoms with van der Waals surface area (Å²) in [7, 11) is 0. The maximum Gasteiger partial charge on any atom is 0.236 e. The Morgan fingerprint density at radius 1 is 1.13 bits per heavy atom. The molecule has 0 radical (unpaired) electrons. The average molecular weight is 439 g/mol. The highest BCUT2D eigenvalue weighted by Crippen LogP contribution is 2.42. The van der Waals surface area contributed by atoms with Crippen molar-refractivity contribution < 1.29 is 9.18 Å². The number of carbonyl (C=O) groups is 1. The Balaban J connectivity index is 1.42. The maximum absolute atomic E-state index is 13.3. The highest BCUT2D eigenvalue weighted by molar-refractivity contribution is 8.00. The molecule has 0 bridgehead atoms. The molecule has 0 atom stereocenters. The second-order valence-corrected chi connectivity index (χ2v) is 9.42. The van der Waals surface area contributed by atoms with E-state index >= 15 is 0 Å². The van der Waals surface area contributed by atoms with Crippen molar-refractivity contribution in [3.8, 4) is 6.07 Å². The van der Waals surface area contributed by atoms with Gasteiger partial charge in [0.25, 0.3) is 0 Å². The van der Waals surface area contributed by atoms with Gasteiger partial charge in [-0.15, -0.1) is 10.2 Å². The van der Waals surface area contributed by atoms with Gasteiger partial charge in [0.05, 0.1) is 17.0 Å². The molecule has 1 saturated carbocycles. The van der Waals surface area contributed by atoms with Crippen molar-refractivity contribution in [1.29, 1.82) is 5.26 Å². The first-order valence-corrected chi connectivity index (χ1v) is 11.4. The molecule has 2 aromatic carbocycles. The van der Waals surface area contributed by atoms with Crippen molar-refractivity contribution in [3.05, 3.63) is 71.0 Å². The van der Waals surface area contributed by atoms with Crippen LogP contribution in [0, 0.1) is 17.1 Å². The number of carbonyl (C=O) groups excluding carboxylic acids is 1. The summed E-state index contributed by atoms with van der Waals surface area (Å²) in [5.74, 6) is 0.292. The van der Waals surface area contributed by atoms with Gasteiger partial charge in [0, 0.05) is 5.75 Å². The lowest BCUT2D eigenvalue weighted by molar-refractivity contribution is -0.121. The lowest BCUT2D eigenvalue weighted by Crippen LogP contribution is -2.38. The molecule has 1 aliphatic carbocycles. The third kappa shape index (κ3) is 4.37. The van der Waals surface area contributed by atoms with E-state index in [1.54, 1.807) is 24.3 Å². The lowest BCUT2D eigenvalue weighted by atomic mass is 9.78. The Morgan fingerprint density at radius 2 is 1.83 bits per heavy atom. The zero-order valence-corrected chi connectivity index (χ0v) is 17.7. The first kappa shape index (κ1) is 20.5. The van der Waals surface area contributed by atoms with Gasteiger partial charge in [-0.25, -0.2) is 4.39 Å². The van der Waals surface area contributed by atoms with Gasteiger partial charge in [-0.2, -0.15) is 5.26 Å². The van der Waals surface area contributed by atoms with E-state index in [-0.39, 0.29) is 11.7 Å². The van der Waals surface area contributed by atoms with Crippen molar-refractivity contribution in [2.75, 3.05) is 5.32 Å². The molecule has 0 spiro atoms. The molecule has 8 heteroatoms. The number of thioether (sulfide) groups is 1. The molecule has 5 nitrogen and oxygen atoms in total. The molecule has 1 N–H and O–H groups in total. The van der Waals surface area contributed by atoms with E-state index in [1.807, 2.05) is 12.1 Å². The van der Waals surface area contributed by atoms with Crippen LogP contribution in [0.5, 0.6) is 0 Å². The van der Waals surface area contributed by atoms with Crippen molar-refractivity contribution in [3.63, 3.8) is 0 Å². The molecule has 3 aromatic rings. The van der Waals surface area contributed by atoms with E-state index < -0.39 is 5.41 Å². The summed E-state index contributed by atoms with van der Waals surface area (Å²) in [6.07, 6.45) is 3.41. The second-order valence-electron chi connectivity index (χ2n) is 7.22. The summed E-state index contributed by atoms with van der Waals surface area (Å²) in [4.78, 5) is 13.2. The van der Waals surface area contributed by atoms with Crippen LogP contribution >= 0.6 is 23.1 Å². The fraction of sp³-hybridized carbons (Fsp3) is 0.273. The van der Waals surface area contributed by atoms with Gasteiger partial charge >= 0.3 is 0 Å². The Bertz CT molecular complexity index is 1070. The van der Waals surface area contributed by atoms with Crippen LogP contribution in [0.25, 0.3) is 0 Å². The van der Waals surface area contributed by atoms with Gasteiger partial charge in [0.1, 0.15) is 5.82 Å². The topological polar surface area (TPSA) is 78.7 Å². The molecule has 152 valence electrons. The van der Waals surface area contributed by atoms with Crippen molar-refractivity contribution >= 4 is 34.1 Å². The van der Waals surface area contributed by atoms with Crippen LogP contribution in [0.15, 0.2) is 52.9 Å². The quantitative estimate of drug-likeness (QED) is 0.418. The Kier molecular flexibility index (Phi) is 6.11. The fourth-order valence-corrected chi connectivity index (χ4v) is 5.45. The number of nitrogens with one attached hydrogen (secondary N) is 1. The Morgan fingerprint density at radius 3 is 2.50 bits per heavy atom. The first-order valence-electron chi connectivity index (χ1n) is 9.62. The minimum absolute atomic E-state index is 0.105. The largest absolute Gasteiger partial charge is 0.300 e. The van der Waals surface area contributed by atoms with Crippen molar-refractivity contribution in [1.82, 2.24) is 10.2 Å². The van der Waals surface area contributed by atoms with Crippen LogP contribution in [-0.4, -0.2) is 16.1 Å². The minimum atomic E-state index is -0.644. The molecule has 0 unspecified atom stereocenters. The van der Waals surface area contributed by atoms with Crippen LogP contribution in [0.3, 0.4) is 0 Å². The third-order valence-corrected chi connectivity index (χ3v) is 7.40. The van der Waals surface area contributed by atoms with Crippen molar-refractivity contribution in [2.45, 2.75) is 41.2 Å². The molecule has 1 amide bonds. The number of aromatic nitrogens is 2. The predicted octanol–water partition coefficient (Wildman–Crippen LogP) is 5.29. The van der Waals surface area contributed by atoms with Gasteiger partial charge in [-0.3, -0.25) is 10.1 Å². The number of amides is 1. The Labute approximate surface area is 182 Å². The minimum Gasteiger partial charge on any atom is -0.300 e. The highest BCUT2D eigenvalue weighted by atomic mass is 32.2. The number of benzene rings is 2. The van der Waals surface area contributed by atoms with E-state index in [1.165, 1.54) is 35.2 Å². The number of hydrogen-bond donors (Lipinski definition) is 1. The van der Waals surface area contributed by atoms with Crippen LogP contribution in [0.2, 0.25) is 0 Å². The predicted molar refractivity (Wildman–Crippen MR) is 116 cm³/mol. The van der Waals surface area contributed by atoms with Crippen LogP contribution in [0.1, 0.15) is 42.4 Å². The first-order chi connectivity index (χ1) is 14.6. The van der Waals surface area contributed by atoms with Crippen molar-refractivity contribution in [2.24, 2.45) is 0 Å². The maximum atomic E-state index is 13.3. The van der Waals surface area contributed by atoms with Gasteiger partial charge in [0.2, 0.25) is 11.0 Å². The van der Waals surface area contributed by atoms with E-state index in [9.17, 15) is 9.18 Å². The SMILES string of the molecule is N#Cc1ccc(CSc2nnc(NC(=O)C3(c4ccc(F)cc4)CCCC3)s2)cc1. The third-order valence-electron chi connectivity index (χ3n) is 5.36. The van der Waals surface area contributed by atoms with Gasteiger partial charge in [0.15, 0.2) is 4.34 Å². The number of rotatable bonds is 6. The molecule has 1 fully saturated rings. The van der Waals surface area contributed by atoms with Gasteiger partial charge in [-0.05, 0) is 48.2 Å². The molecule has 1 aliphatic rings. The molecule has 30 heavy (non-hydrogen) atoms. The molecule has 1 heterocycles. The standard InChI is InChI=1S/C22H19FN4OS2/c23-18-9-7-17(8-10-18)22(11-1-2-12-22)19(28)25-20-26-27-21(30-20)29-14-16-5-3-15(13-24)4-6-16/h3-10H,1-2,11-12,14H2,(H,25,26,28). The van der Waals surface area contributed by atoms with Crippen LogP contribution < -0.4 is 5.32 Å². The second kappa shape index (κ2) is 8.94. The molecular formula is C22H19FN4OS2. The summed E-state index contributed by atoms with van der Waals surface area (Å²) in [6.45, 7) is 0. The van der Waals surface area contributed by atoms with Crippen LogP contribution in [-0.2, 0) is 16.0 Å². The van der Waals surface area contributed by atoms with E-state index in [4.69, 9.17) is 5.26 Å². The van der Waals surface area contributed by atoms with E-state index in [0.29, 0.717) is 16.4 Å². The normalized spacial score (nSPS) is 14.9. The zero-order chi connectivity index (χ0) is 21.0. The summed E-state index contributed by atoms with van der Waals surface area (Å²) in [5.41, 5.74) is 1.92. The number of hydrogen-bond acceptors (Lipinski definition) is 6. The van der Waals surface area contributed by atoms with E-state index in [2.05, 4.69) is 21.6 Å². The molecule has 0 aliphatic heterocycles. The molecular weight excluding hydrogens is 419 g/mol. The Hall–Kier alpha value is -2.76. The zero-order valence-electron chi connectivity index (χ0n) is 16.1. The number of nitriles is 1.